The first-order chi connectivity index (χ1) is 9.88. The second-order valence-corrected chi connectivity index (χ2v) is 5.12. The number of nitro groups is 2. The molecule has 0 heterocycles. The number of hydrogen-bond acceptors (Lipinski definition) is 5. The van der Waals surface area contributed by atoms with Crippen LogP contribution in [0.5, 0.6) is 11.5 Å². The van der Waals surface area contributed by atoms with Gasteiger partial charge in [0.1, 0.15) is 0 Å². The Balaban J connectivity index is 2.50. The molecule has 2 aromatic carbocycles. The summed E-state index contributed by atoms with van der Waals surface area (Å²) in [6.07, 6.45) is 0. The number of hydrogen-bond donors (Lipinski definition) is 0. The molecule has 0 spiro atoms. The van der Waals surface area contributed by atoms with Crippen LogP contribution in [0.2, 0.25) is 0 Å². The molecule has 0 fully saturated rings. The quantitative estimate of drug-likeness (QED) is 0.601. The van der Waals surface area contributed by atoms with Crippen LogP contribution in [0.1, 0.15) is 5.56 Å². The van der Waals surface area contributed by atoms with Crippen LogP contribution in [0.4, 0.5) is 11.4 Å². The fraction of sp³-hybridized carbons (Fsp3) is 0.0769. The van der Waals surface area contributed by atoms with Crippen molar-refractivity contribution >= 4 is 27.3 Å². The summed E-state index contributed by atoms with van der Waals surface area (Å²) in [5.74, 6) is -0.0951. The molecule has 0 saturated carbocycles. The van der Waals surface area contributed by atoms with Crippen LogP contribution in [0.15, 0.2) is 40.9 Å². The number of rotatable bonds is 4. The predicted octanol–water partition coefficient (Wildman–Crippen LogP) is 4.37. The average Bonchev–Trinajstić information content (AvgIpc) is 2.40. The molecule has 0 amide bonds. The molecule has 0 saturated heterocycles. The fourth-order valence-corrected chi connectivity index (χ4v) is 2.04. The molecule has 0 radical (unpaired) electrons. The lowest BCUT2D eigenvalue weighted by molar-refractivity contribution is -0.387. The molecule has 0 aliphatic rings. The van der Waals surface area contributed by atoms with Crippen LogP contribution in [0, 0.1) is 27.2 Å². The van der Waals surface area contributed by atoms with Gasteiger partial charge in [-0.2, -0.15) is 0 Å². The van der Waals surface area contributed by atoms with Gasteiger partial charge in [-0.1, -0.05) is 22.0 Å². The summed E-state index contributed by atoms with van der Waals surface area (Å²) in [7, 11) is 0. The second-order valence-electron chi connectivity index (χ2n) is 4.20. The summed E-state index contributed by atoms with van der Waals surface area (Å²) >= 11 is 3.13. The van der Waals surface area contributed by atoms with Crippen LogP contribution >= 0.6 is 15.9 Å². The lowest BCUT2D eigenvalue weighted by Crippen LogP contribution is -1.97. The normalized spacial score (nSPS) is 10.2. The third-order valence-corrected chi connectivity index (χ3v) is 3.14. The monoisotopic (exact) mass is 352 g/mol. The van der Waals surface area contributed by atoms with E-state index < -0.39 is 9.85 Å². The van der Waals surface area contributed by atoms with E-state index in [1.165, 1.54) is 24.3 Å². The van der Waals surface area contributed by atoms with Gasteiger partial charge in [0, 0.05) is 16.6 Å². The van der Waals surface area contributed by atoms with Crippen molar-refractivity contribution < 1.29 is 14.6 Å². The zero-order chi connectivity index (χ0) is 15.6. The van der Waals surface area contributed by atoms with Crippen molar-refractivity contribution in [2.45, 2.75) is 6.92 Å². The largest absolute Gasteiger partial charge is 0.443 e. The van der Waals surface area contributed by atoms with E-state index in [0.29, 0.717) is 4.47 Å². The van der Waals surface area contributed by atoms with Crippen molar-refractivity contribution in [3.05, 3.63) is 66.7 Å². The smallest absolute Gasteiger partial charge is 0.312 e. The number of halogens is 1. The molecule has 108 valence electrons. The van der Waals surface area contributed by atoms with Gasteiger partial charge in [0.25, 0.3) is 0 Å². The lowest BCUT2D eigenvalue weighted by atomic mass is 10.2. The Hall–Kier alpha value is -2.48. The van der Waals surface area contributed by atoms with Crippen molar-refractivity contribution in [1.29, 1.82) is 0 Å². The van der Waals surface area contributed by atoms with E-state index in [2.05, 4.69) is 15.9 Å². The van der Waals surface area contributed by atoms with Crippen LogP contribution in [-0.4, -0.2) is 9.85 Å². The summed E-state index contributed by atoms with van der Waals surface area (Å²) in [4.78, 5) is 20.8. The average molecular weight is 353 g/mol. The summed E-state index contributed by atoms with van der Waals surface area (Å²) in [6.45, 7) is 1.74. The third-order valence-electron chi connectivity index (χ3n) is 2.65. The van der Waals surface area contributed by atoms with Crippen LogP contribution in [0.25, 0.3) is 0 Å². The molecule has 21 heavy (non-hydrogen) atoms. The Bertz CT molecular complexity index is 732. The van der Waals surface area contributed by atoms with Gasteiger partial charge < -0.3 is 4.74 Å². The van der Waals surface area contributed by atoms with E-state index in [1.54, 1.807) is 19.1 Å². The standard InChI is InChI=1S/C13H9BrN2O5/c1-8-2-4-10(15(17)18)13(6-8)21-12-5-3-9(14)7-11(12)16(19)20/h2-7H,1H3. The first-order valence-electron chi connectivity index (χ1n) is 5.75. The maximum absolute atomic E-state index is 11.0. The number of nitrogens with zero attached hydrogens (tertiary/aromatic N) is 2. The topological polar surface area (TPSA) is 95.5 Å². The minimum absolute atomic E-state index is 0.0366. The van der Waals surface area contributed by atoms with Crippen LogP contribution < -0.4 is 4.74 Å². The van der Waals surface area contributed by atoms with Crippen molar-refractivity contribution in [3.8, 4) is 11.5 Å². The van der Waals surface area contributed by atoms with E-state index in [4.69, 9.17) is 4.74 Å². The molecular formula is C13H9BrN2O5. The van der Waals surface area contributed by atoms with Gasteiger partial charge in [-0.05, 0) is 30.7 Å². The third kappa shape index (κ3) is 3.34. The molecule has 8 heteroatoms. The molecule has 0 N–H and O–H groups in total. The minimum Gasteiger partial charge on any atom is -0.443 e. The summed E-state index contributed by atoms with van der Waals surface area (Å²) in [5, 5.41) is 22.0. The highest BCUT2D eigenvalue weighted by Crippen LogP contribution is 2.37. The van der Waals surface area contributed by atoms with Gasteiger partial charge in [0.2, 0.25) is 11.5 Å². The van der Waals surface area contributed by atoms with E-state index in [9.17, 15) is 20.2 Å². The van der Waals surface area contributed by atoms with Gasteiger partial charge in [-0.25, -0.2) is 0 Å². The molecule has 2 rings (SSSR count). The lowest BCUT2D eigenvalue weighted by Gasteiger charge is -2.08. The number of aryl methyl sites for hydroxylation is 1. The van der Waals surface area contributed by atoms with Crippen LogP contribution in [0.3, 0.4) is 0 Å². The molecule has 0 aliphatic heterocycles. The van der Waals surface area contributed by atoms with Crippen molar-refractivity contribution in [1.82, 2.24) is 0 Å². The Morgan fingerprint density at radius 2 is 1.62 bits per heavy atom. The Morgan fingerprint density at radius 3 is 2.24 bits per heavy atom. The molecule has 0 aromatic heterocycles. The van der Waals surface area contributed by atoms with Gasteiger partial charge in [-0.3, -0.25) is 20.2 Å². The highest BCUT2D eigenvalue weighted by molar-refractivity contribution is 9.10. The summed E-state index contributed by atoms with van der Waals surface area (Å²) < 4.78 is 5.91. The molecular weight excluding hydrogens is 344 g/mol. The molecule has 0 aliphatic carbocycles. The molecule has 0 unspecified atom stereocenters. The first-order valence-corrected chi connectivity index (χ1v) is 6.54. The summed E-state index contributed by atoms with van der Waals surface area (Å²) in [5.41, 5.74) is 0.216. The first kappa shape index (κ1) is 14.9. The highest BCUT2D eigenvalue weighted by Gasteiger charge is 2.21. The van der Waals surface area contributed by atoms with Crippen LogP contribution in [-0.2, 0) is 0 Å². The van der Waals surface area contributed by atoms with Crippen molar-refractivity contribution in [2.75, 3.05) is 0 Å². The van der Waals surface area contributed by atoms with Crippen molar-refractivity contribution in [3.63, 3.8) is 0 Å². The Kier molecular flexibility index (Phi) is 4.18. The number of ether oxygens (including phenoxy) is 1. The van der Waals surface area contributed by atoms with Gasteiger partial charge in [0.15, 0.2) is 0 Å². The second kappa shape index (κ2) is 5.88. The van der Waals surface area contributed by atoms with E-state index >= 15 is 0 Å². The Morgan fingerprint density at radius 1 is 0.952 bits per heavy atom. The molecule has 0 atom stereocenters. The maximum atomic E-state index is 11.0. The molecule has 7 nitrogen and oxygen atoms in total. The predicted molar refractivity (Wildman–Crippen MR) is 78.7 cm³/mol. The highest BCUT2D eigenvalue weighted by atomic mass is 79.9. The zero-order valence-electron chi connectivity index (χ0n) is 10.8. The molecule has 2 aromatic rings. The fourth-order valence-electron chi connectivity index (χ4n) is 1.69. The van der Waals surface area contributed by atoms with Gasteiger partial charge in [-0.15, -0.1) is 0 Å². The van der Waals surface area contributed by atoms with Crippen molar-refractivity contribution in [2.24, 2.45) is 0 Å². The van der Waals surface area contributed by atoms with E-state index in [-0.39, 0.29) is 22.9 Å². The van der Waals surface area contributed by atoms with Gasteiger partial charge in [0.05, 0.1) is 9.85 Å². The number of benzene rings is 2. The maximum Gasteiger partial charge on any atom is 0.312 e. The van der Waals surface area contributed by atoms with E-state index in [0.717, 1.165) is 5.56 Å². The molecule has 0 bridgehead atoms. The Labute approximate surface area is 127 Å². The number of nitro benzene ring substituents is 2. The minimum atomic E-state index is -0.609. The SMILES string of the molecule is Cc1ccc([N+](=O)[O-])c(Oc2ccc(Br)cc2[N+](=O)[O-])c1. The van der Waals surface area contributed by atoms with E-state index in [1.807, 2.05) is 0 Å². The van der Waals surface area contributed by atoms with Gasteiger partial charge >= 0.3 is 11.4 Å². The summed E-state index contributed by atoms with van der Waals surface area (Å²) in [6, 6.07) is 8.55. The zero-order valence-corrected chi connectivity index (χ0v) is 12.4.